The van der Waals surface area contributed by atoms with Crippen molar-refractivity contribution in [1.29, 1.82) is 0 Å². The van der Waals surface area contributed by atoms with Gasteiger partial charge in [-0.2, -0.15) is 0 Å². The summed E-state index contributed by atoms with van der Waals surface area (Å²) in [5.41, 5.74) is 5.75. The summed E-state index contributed by atoms with van der Waals surface area (Å²) in [5, 5.41) is 10.9. The highest BCUT2D eigenvalue weighted by molar-refractivity contribution is 9.10. The van der Waals surface area contributed by atoms with Gasteiger partial charge in [-0.1, -0.05) is 77.5 Å². The monoisotopic (exact) mass is 423 g/mol. The lowest BCUT2D eigenvalue weighted by molar-refractivity contribution is 0.170. The van der Waals surface area contributed by atoms with Gasteiger partial charge in [0.1, 0.15) is 0 Å². The molecule has 3 heteroatoms. The van der Waals surface area contributed by atoms with E-state index in [9.17, 15) is 5.11 Å². The molecule has 1 unspecified atom stereocenters. The zero-order valence-electron chi connectivity index (χ0n) is 15.9. The maximum absolute atomic E-state index is 10.9. The summed E-state index contributed by atoms with van der Waals surface area (Å²) in [7, 11) is 2.10. The molecule has 1 atom stereocenters. The van der Waals surface area contributed by atoms with Gasteiger partial charge in [0.15, 0.2) is 0 Å². The van der Waals surface area contributed by atoms with Gasteiger partial charge in [-0.15, -0.1) is 0 Å². The highest BCUT2D eigenvalue weighted by Gasteiger charge is 2.16. The fourth-order valence-electron chi connectivity index (χ4n) is 3.46. The van der Waals surface area contributed by atoms with Crippen LogP contribution in [0.3, 0.4) is 0 Å². The number of aliphatic hydroxyl groups is 1. The molecule has 0 aromatic heterocycles. The van der Waals surface area contributed by atoms with Crippen LogP contribution in [-0.2, 0) is 6.42 Å². The molecule has 0 aliphatic rings. The lowest BCUT2D eigenvalue weighted by Gasteiger charge is -2.24. The normalized spacial score (nSPS) is 12.0. The number of nitrogens with zero attached hydrogens (tertiary/aromatic N) is 1. The van der Waals surface area contributed by atoms with Crippen molar-refractivity contribution >= 4 is 21.6 Å². The zero-order valence-corrected chi connectivity index (χ0v) is 17.5. The third-order valence-corrected chi connectivity index (χ3v) is 5.47. The topological polar surface area (TPSA) is 23.5 Å². The number of aliphatic hydroxyl groups excluding tert-OH is 1. The quantitative estimate of drug-likeness (QED) is 0.486. The maximum Gasteiger partial charge on any atom is 0.0812 e. The number of rotatable bonds is 7. The summed E-state index contributed by atoms with van der Waals surface area (Å²) in [6.45, 7) is 2.97. The second kappa shape index (κ2) is 9.20. The molecule has 0 fully saturated rings. The van der Waals surface area contributed by atoms with Gasteiger partial charge in [0.2, 0.25) is 0 Å². The number of benzene rings is 3. The first-order chi connectivity index (χ1) is 13.1. The number of hydrogen-bond acceptors (Lipinski definition) is 2. The Hall–Kier alpha value is -2.10. The molecule has 3 aromatic rings. The van der Waals surface area contributed by atoms with Crippen molar-refractivity contribution in [2.45, 2.75) is 25.9 Å². The van der Waals surface area contributed by atoms with E-state index in [1.165, 1.54) is 11.3 Å². The molecule has 140 valence electrons. The fraction of sp³-hybridized carbons (Fsp3) is 0.250. The summed E-state index contributed by atoms with van der Waals surface area (Å²) < 4.78 is 1.02. The molecule has 0 amide bonds. The van der Waals surface area contributed by atoms with E-state index < -0.39 is 6.10 Å². The summed E-state index contributed by atoms with van der Waals surface area (Å²) >= 11 is 3.56. The second-order valence-electron chi connectivity index (χ2n) is 6.81. The van der Waals surface area contributed by atoms with Crippen molar-refractivity contribution in [3.8, 4) is 11.1 Å². The zero-order chi connectivity index (χ0) is 19.2. The van der Waals surface area contributed by atoms with Crippen molar-refractivity contribution < 1.29 is 5.11 Å². The largest absolute Gasteiger partial charge is 0.388 e. The first-order valence-corrected chi connectivity index (χ1v) is 10.2. The molecule has 0 saturated heterocycles. The number of anilines is 1. The van der Waals surface area contributed by atoms with Gasteiger partial charge >= 0.3 is 0 Å². The Morgan fingerprint density at radius 3 is 2.41 bits per heavy atom. The number of aryl methyl sites for hydroxylation is 1. The minimum atomic E-state index is -0.510. The molecule has 0 radical (unpaired) electrons. The fourth-order valence-corrected chi connectivity index (χ4v) is 3.82. The molecule has 3 aromatic carbocycles. The van der Waals surface area contributed by atoms with Crippen LogP contribution in [0.5, 0.6) is 0 Å². The lowest BCUT2D eigenvalue weighted by atomic mass is 9.95. The minimum Gasteiger partial charge on any atom is -0.388 e. The van der Waals surface area contributed by atoms with E-state index in [1.807, 2.05) is 30.3 Å². The molecule has 1 N–H and O–H groups in total. The van der Waals surface area contributed by atoms with Crippen LogP contribution in [0.2, 0.25) is 0 Å². The Kier molecular flexibility index (Phi) is 6.70. The van der Waals surface area contributed by atoms with E-state index in [0.717, 1.165) is 34.1 Å². The predicted octanol–water partition coefficient (Wildman–Crippen LogP) is 6.24. The summed E-state index contributed by atoms with van der Waals surface area (Å²) in [6.07, 6.45) is 1.17. The number of para-hydroxylation sites is 1. The lowest BCUT2D eigenvalue weighted by Crippen LogP contribution is -2.21. The van der Waals surface area contributed by atoms with Crippen molar-refractivity contribution in [3.63, 3.8) is 0 Å². The third-order valence-electron chi connectivity index (χ3n) is 4.98. The van der Waals surface area contributed by atoms with Crippen LogP contribution >= 0.6 is 15.9 Å². The third kappa shape index (κ3) is 4.79. The number of hydrogen-bond donors (Lipinski definition) is 1. The molecule has 0 heterocycles. The predicted molar refractivity (Wildman–Crippen MR) is 118 cm³/mol. The molecule has 0 saturated carbocycles. The van der Waals surface area contributed by atoms with E-state index in [0.29, 0.717) is 6.42 Å². The van der Waals surface area contributed by atoms with Crippen molar-refractivity contribution in [2.24, 2.45) is 0 Å². The van der Waals surface area contributed by atoms with E-state index in [-0.39, 0.29) is 0 Å². The van der Waals surface area contributed by atoms with E-state index >= 15 is 0 Å². The highest BCUT2D eigenvalue weighted by atomic mass is 79.9. The van der Waals surface area contributed by atoms with E-state index in [4.69, 9.17) is 0 Å². The van der Waals surface area contributed by atoms with Gasteiger partial charge in [-0.3, -0.25) is 0 Å². The Labute approximate surface area is 170 Å². The smallest absolute Gasteiger partial charge is 0.0812 e. The van der Waals surface area contributed by atoms with Crippen LogP contribution < -0.4 is 4.90 Å². The van der Waals surface area contributed by atoms with Gasteiger partial charge < -0.3 is 10.0 Å². The van der Waals surface area contributed by atoms with Crippen LogP contribution in [0.4, 0.5) is 5.69 Å². The summed E-state index contributed by atoms with van der Waals surface area (Å²) in [5.74, 6) is 0. The van der Waals surface area contributed by atoms with Crippen LogP contribution in [0.25, 0.3) is 11.1 Å². The molecule has 3 rings (SSSR count). The highest BCUT2D eigenvalue weighted by Crippen LogP contribution is 2.33. The maximum atomic E-state index is 10.9. The van der Waals surface area contributed by atoms with Crippen LogP contribution in [0, 0.1) is 0 Å². The van der Waals surface area contributed by atoms with Crippen LogP contribution in [0.15, 0.2) is 77.3 Å². The molecule has 0 aliphatic heterocycles. The molecule has 27 heavy (non-hydrogen) atoms. The Morgan fingerprint density at radius 2 is 1.67 bits per heavy atom. The van der Waals surface area contributed by atoms with Gasteiger partial charge in [0.05, 0.1) is 6.10 Å². The Bertz CT molecular complexity index is 879. The van der Waals surface area contributed by atoms with Crippen molar-refractivity contribution in [2.75, 3.05) is 18.5 Å². The van der Waals surface area contributed by atoms with Crippen LogP contribution in [-0.4, -0.2) is 18.7 Å². The van der Waals surface area contributed by atoms with Gasteiger partial charge in [-0.05, 0) is 53.3 Å². The molecule has 0 aliphatic carbocycles. The van der Waals surface area contributed by atoms with Gasteiger partial charge in [0, 0.05) is 23.8 Å². The minimum absolute atomic E-state index is 0.510. The van der Waals surface area contributed by atoms with Crippen molar-refractivity contribution in [3.05, 3.63) is 88.4 Å². The molecule has 0 spiro atoms. The van der Waals surface area contributed by atoms with Crippen LogP contribution in [0.1, 0.15) is 30.6 Å². The van der Waals surface area contributed by atoms with Gasteiger partial charge in [-0.25, -0.2) is 0 Å². The summed E-state index contributed by atoms with van der Waals surface area (Å²) in [6, 6.07) is 24.8. The summed E-state index contributed by atoms with van der Waals surface area (Å²) in [4.78, 5) is 2.24. The van der Waals surface area contributed by atoms with E-state index in [1.54, 1.807) is 0 Å². The second-order valence-corrected chi connectivity index (χ2v) is 7.72. The molecular weight excluding hydrogens is 398 g/mol. The first-order valence-electron chi connectivity index (χ1n) is 9.42. The van der Waals surface area contributed by atoms with E-state index in [2.05, 4.69) is 77.3 Å². The SMILES string of the molecule is CCc1ccccc1N(C)CCC(O)c1ccc(Br)cc1-c1ccccc1. The number of halogens is 1. The average Bonchev–Trinajstić information content (AvgIpc) is 2.72. The Morgan fingerprint density at radius 1 is 0.963 bits per heavy atom. The van der Waals surface area contributed by atoms with Crippen molar-refractivity contribution in [1.82, 2.24) is 0 Å². The Balaban J connectivity index is 1.78. The first kappa shape index (κ1) is 19.7. The molecule has 2 nitrogen and oxygen atoms in total. The average molecular weight is 424 g/mol. The molecule has 0 bridgehead atoms. The van der Waals surface area contributed by atoms with Gasteiger partial charge in [0.25, 0.3) is 0 Å². The molecular formula is C24H26BrNO. The standard InChI is InChI=1S/C24H26BrNO/c1-3-18-9-7-8-12-23(18)26(2)16-15-24(27)21-14-13-20(25)17-22(21)19-10-5-4-6-11-19/h4-14,17,24,27H,3,15-16H2,1-2H3.